The van der Waals surface area contributed by atoms with Gasteiger partial charge in [-0.1, -0.05) is 23.7 Å². The van der Waals surface area contributed by atoms with Crippen LogP contribution in [0, 0.1) is 0 Å². The van der Waals surface area contributed by atoms with Crippen molar-refractivity contribution >= 4 is 29.2 Å². The van der Waals surface area contributed by atoms with Gasteiger partial charge < -0.3 is 5.32 Å². The lowest BCUT2D eigenvalue weighted by Crippen LogP contribution is -1.94. The number of halogens is 1. The topological polar surface area (TPSA) is 37.8 Å². The molecule has 0 saturated heterocycles. The minimum absolute atomic E-state index is 0.760. The molecule has 1 aromatic heterocycles. The summed E-state index contributed by atoms with van der Waals surface area (Å²) in [4.78, 5) is 8.50. The first kappa shape index (κ1) is 12.2. The zero-order valence-electron chi connectivity index (χ0n) is 9.35. The Morgan fingerprint density at radius 3 is 2.71 bits per heavy atom. The second kappa shape index (κ2) is 5.89. The van der Waals surface area contributed by atoms with E-state index in [1.807, 2.05) is 31.3 Å². The van der Waals surface area contributed by atoms with E-state index >= 15 is 0 Å². The SMILES string of the molecule is CNc1cncc(SCc2ccc(Cl)cc2)n1. The molecule has 0 saturated carbocycles. The van der Waals surface area contributed by atoms with Crippen molar-refractivity contribution in [1.29, 1.82) is 0 Å². The fourth-order valence-corrected chi connectivity index (χ4v) is 2.21. The summed E-state index contributed by atoms with van der Waals surface area (Å²) in [6.45, 7) is 0. The van der Waals surface area contributed by atoms with Gasteiger partial charge in [0.1, 0.15) is 10.8 Å². The van der Waals surface area contributed by atoms with Crippen LogP contribution in [0.25, 0.3) is 0 Å². The third-order valence-electron chi connectivity index (χ3n) is 2.17. The number of aromatic nitrogens is 2. The molecule has 2 rings (SSSR count). The van der Waals surface area contributed by atoms with Gasteiger partial charge in [-0.15, -0.1) is 11.8 Å². The smallest absolute Gasteiger partial charge is 0.145 e. The van der Waals surface area contributed by atoms with Gasteiger partial charge in [0.25, 0.3) is 0 Å². The zero-order chi connectivity index (χ0) is 12.1. The molecule has 0 aliphatic heterocycles. The first-order valence-electron chi connectivity index (χ1n) is 5.15. The van der Waals surface area contributed by atoms with Gasteiger partial charge in [0, 0.05) is 17.8 Å². The first-order valence-corrected chi connectivity index (χ1v) is 6.51. The molecule has 2 aromatic rings. The summed E-state index contributed by atoms with van der Waals surface area (Å²) in [5.41, 5.74) is 1.22. The molecule has 0 atom stereocenters. The molecule has 0 spiro atoms. The number of hydrogen-bond acceptors (Lipinski definition) is 4. The molecule has 0 unspecified atom stereocenters. The van der Waals surface area contributed by atoms with Crippen LogP contribution >= 0.6 is 23.4 Å². The van der Waals surface area contributed by atoms with Crippen LogP contribution in [0.4, 0.5) is 5.82 Å². The lowest BCUT2D eigenvalue weighted by atomic mass is 10.2. The molecule has 1 heterocycles. The number of anilines is 1. The van der Waals surface area contributed by atoms with Gasteiger partial charge in [-0.3, -0.25) is 4.98 Å². The van der Waals surface area contributed by atoms with Crippen LogP contribution in [0.3, 0.4) is 0 Å². The van der Waals surface area contributed by atoms with E-state index in [2.05, 4.69) is 15.3 Å². The number of benzene rings is 1. The maximum Gasteiger partial charge on any atom is 0.145 e. The Balaban J connectivity index is 1.99. The fraction of sp³-hybridized carbons (Fsp3) is 0.167. The first-order chi connectivity index (χ1) is 8.28. The van der Waals surface area contributed by atoms with Crippen LogP contribution in [-0.2, 0) is 5.75 Å². The molecule has 0 aliphatic rings. The van der Waals surface area contributed by atoms with Crippen molar-refractivity contribution in [3.63, 3.8) is 0 Å². The van der Waals surface area contributed by atoms with E-state index in [0.29, 0.717) is 0 Å². The van der Waals surface area contributed by atoms with Crippen molar-refractivity contribution in [2.24, 2.45) is 0 Å². The highest BCUT2D eigenvalue weighted by atomic mass is 35.5. The van der Waals surface area contributed by atoms with Crippen LogP contribution in [0.5, 0.6) is 0 Å². The summed E-state index contributed by atoms with van der Waals surface area (Å²) in [5, 5.41) is 4.64. The molecule has 17 heavy (non-hydrogen) atoms. The van der Waals surface area contributed by atoms with Gasteiger partial charge in [-0.05, 0) is 17.7 Å². The van der Waals surface area contributed by atoms with E-state index in [9.17, 15) is 0 Å². The molecule has 0 fully saturated rings. The highest BCUT2D eigenvalue weighted by molar-refractivity contribution is 7.98. The number of hydrogen-bond donors (Lipinski definition) is 1. The van der Waals surface area contributed by atoms with Gasteiger partial charge in [0.2, 0.25) is 0 Å². The fourth-order valence-electron chi connectivity index (χ4n) is 1.28. The normalized spacial score (nSPS) is 10.2. The van der Waals surface area contributed by atoms with E-state index in [1.54, 1.807) is 24.2 Å². The van der Waals surface area contributed by atoms with Crippen molar-refractivity contribution in [1.82, 2.24) is 9.97 Å². The van der Waals surface area contributed by atoms with Gasteiger partial charge in [0.15, 0.2) is 0 Å². The van der Waals surface area contributed by atoms with Crippen molar-refractivity contribution in [2.75, 3.05) is 12.4 Å². The highest BCUT2D eigenvalue weighted by Crippen LogP contribution is 2.22. The second-order valence-corrected chi connectivity index (χ2v) is 4.84. The minimum Gasteiger partial charge on any atom is -0.372 e. The monoisotopic (exact) mass is 265 g/mol. The summed E-state index contributed by atoms with van der Waals surface area (Å²) < 4.78 is 0. The predicted molar refractivity (Wildman–Crippen MR) is 72.6 cm³/mol. The number of rotatable bonds is 4. The van der Waals surface area contributed by atoms with Gasteiger partial charge >= 0.3 is 0 Å². The molecule has 1 aromatic carbocycles. The van der Waals surface area contributed by atoms with Crippen molar-refractivity contribution < 1.29 is 0 Å². The van der Waals surface area contributed by atoms with Gasteiger partial charge in [0.05, 0.1) is 12.4 Å². The quantitative estimate of drug-likeness (QED) is 0.859. The maximum absolute atomic E-state index is 5.83. The third kappa shape index (κ3) is 3.61. The number of thioether (sulfide) groups is 1. The molecule has 5 heteroatoms. The van der Waals surface area contributed by atoms with E-state index in [1.165, 1.54) is 5.56 Å². The molecule has 88 valence electrons. The molecule has 0 amide bonds. The average Bonchev–Trinajstić information content (AvgIpc) is 2.38. The Hall–Kier alpha value is -1.26. The van der Waals surface area contributed by atoms with E-state index in [4.69, 9.17) is 11.6 Å². The van der Waals surface area contributed by atoms with E-state index in [0.717, 1.165) is 21.6 Å². The minimum atomic E-state index is 0.760. The van der Waals surface area contributed by atoms with Crippen LogP contribution in [0.1, 0.15) is 5.56 Å². The molecule has 1 N–H and O–H groups in total. The Kier molecular flexibility index (Phi) is 4.23. The molecule has 0 bridgehead atoms. The third-order valence-corrected chi connectivity index (χ3v) is 3.39. The Bertz CT molecular complexity index is 487. The standard InChI is InChI=1S/C12H12ClN3S/c1-14-11-6-15-7-12(16-11)17-8-9-2-4-10(13)5-3-9/h2-7H,8H2,1H3,(H,14,16). The zero-order valence-corrected chi connectivity index (χ0v) is 10.9. The van der Waals surface area contributed by atoms with Crippen molar-refractivity contribution in [3.8, 4) is 0 Å². The second-order valence-electron chi connectivity index (χ2n) is 3.41. The largest absolute Gasteiger partial charge is 0.372 e. The molecular formula is C12H12ClN3S. The van der Waals surface area contributed by atoms with Crippen LogP contribution in [0.15, 0.2) is 41.7 Å². The molecular weight excluding hydrogens is 254 g/mol. The summed E-state index contributed by atoms with van der Waals surface area (Å²) in [7, 11) is 1.83. The molecule has 0 aliphatic carbocycles. The van der Waals surface area contributed by atoms with Gasteiger partial charge in [-0.25, -0.2) is 4.98 Å². The Labute approximate surface area is 110 Å². The lowest BCUT2D eigenvalue weighted by molar-refractivity contribution is 1.05. The van der Waals surface area contributed by atoms with Crippen molar-refractivity contribution in [3.05, 3.63) is 47.2 Å². The summed E-state index contributed by atoms with van der Waals surface area (Å²) in [6, 6.07) is 7.83. The summed E-state index contributed by atoms with van der Waals surface area (Å²) >= 11 is 7.48. The molecule has 0 radical (unpaired) electrons. The predicted octanol–water partition coefficient (Wildman–Crippen LogP) is 3.46. The van der Waals surface area contributed by atoms with Gasteiger partial charge in [-0.2, -0.15) is 0 Å². The van der Waals surface area contributed by atoms with E-state index < -0.39 is 0 Å². The number of nitrogens with zero attached hydrogens (tertiary/aromatic N) is 2. The summed E-state index contributed by atoms with van der Waals surface area (Å²) in [5.74, 6) is 1.64. The van der Waals surface area contributed by atoms with Crippen LogP contribution < -0.4 is 5.32 Å². The molecule has 3 nitrogen and oxygen atoms in total. The Morgan fingerprint density at radius 1 is 1.24 bits per heavy atom. The van der Waals surface area contributed by atoms with E-state index in [-0.39, 0.29) is 0 Å². The number of nitrogens with one attached hydrogen (secondary N) is 1. The average molecular weight is 266 g/mol. The Morgan fingerprint density at radius 2 is 2.00 bits per heavy atom. The lowest BCUT2D eigenvalue weighted by Gasteiger charge is -2.03. The van der Waals surface area contributed by atoms with Crippen molar-refractivity contribution in [2.45, 2.75) is 10.8 Å². The van der Waals surface area contributed by atoms with Crippen LogP contribution in [-0.4, -0.2) is 17.0 Å². The summed E-state index contributed by atoms with van der Waals surface area (Å²) in [6.07, 6.45) is 3.47. The maximum atomic E-state index is 5.83. The highest BCUT2D eigenvalue weighted by Gasteiger charge is 1.99. The van der Waals surface area contributed by atoms with Crippen LogP contribution in [0.2, 0.25) is 5.02 Å².